The Kier molecular flexibility index (Phi) is 7.33. The number of fused-ring (bicyclic) bond motifs is 1. The molecular weight excluding hydrogens is 473 g/mol. The molecule has 0 aromatic heterocycles. The summed E-state index contributed by atoms with van der Waals surface area (Å²) in [6, 6.07) is 12.3. The van der Waals surface area contributed by atoms with Crippen molar-refractivity contribution in [1.82, 2.24) is 10.2 Å². The minimum atomic E-state index is -4.46. The molecule has 3 N–H and O–H groups in total. The predicted octanol–water partition coefficient (Wildman–Crippen LogP) is 3.44. The molecular formula is C27H27F3N2O4. The Morgan fingerprint density at radius 3 is 2.19 bits per heavy atom. The number of aliphatic hydroxyl groups excluding tert-OH is 2. The van der Waals surface area contributed by atoms with E-state index in [2.05, 4.69) is 5.32 Å². The van der Waals surface area contributed by atoms with E-state index in [1.54, 1.807) is 31.2 Å². The van der Waals surface area contributed by atoms with Gasteiger partial charge in [-0.25, -0.2) is 0 Å². The van der Waals surface area contributed by atoms with Crippen LogP contribution in [0.1, 0.15) is 41.5 Å². The molecule has 1 unspecified atom stereocenters. The molecule has 1 aliphatic heterocycles. The number of hydrogen-bond donors (Lipinski definition) is 3. The summed E-state index contributed by atoms with van der Waals surface area (Å²) in [5, 5.41) is 23.2. The molecule has 36 heavy (non-hydrogen) atoms. The lowest BCUT2D eigenvalue weighted by molar-refractivity contribution is -0.153. The SMILES string of the molecule is C[C@@H](NC(=O)[C@H](O)[C@@H](O)C(=O)N1Cc2ccccc2C1)C1=CCC(c2ccccc2C(F)(F)F)C=C1. The number of rotatable bonds is 6. The number of amides is 2. The third kappa shape index (κ3) is 5.37. The van der Waals surface area contributed by atoms with Crippen LogP contribution < -0.4 is 5.32 Å². The fourth-order valence-electron chi connectivity index (χ4n) is 4.60. The van der Waals surface area contributed by atoms with Gasteiger partial charge in [-0.15, -0.1) is 0 Å². The standard InChI is InChI=1S/C27H27F3N2O4/c1-16(17-10-12-18(13-11-17)21-8-4-5-9-22(21)27(28,29)30)31-25(35)23(33)24(34)26(36)32-14-19-6-2-3-7-20(19)15-32/h2-12,16,18,23-24,33-34H,13-15H2,1H3,(H,31,35)/t16-,18?,23-,24-/m1/s1. The van der Waals surface area contributed by atoms with E-state index in [9.17, 15) is 33.0 Å². The molecule has 1 heterocycles. The van der Waals surface area contributed by atoms with E-state index in [0.717, 1.165) is 17.2 Å². The second kappa shape index (κ2) is 10.3. The third-order valence-corrected chi connectivity index (χ3v) is 6.63. The number of benzene rings is 2. The predicted molar refractivity (Wildman–Crippen MR) is 126 cm³/mol. The minimum absolute atomic E-state index is 0.175. The number of alkyl halides is 3. The van der Waals surface area contributed by atoms with Gasteiger partial charge in [-0.05, 0) is 41.7 Å². The van der Waals surface area contributed by atoms with Gasteiger partial charge in [0, 0.05) is 19.0 Å². The van der Waals surface area contributed by atoms with Gasteiger partial charge in [-0.1, -0.05) is 60.7 Å². The Morgan fingerprint density at radius 2 is 1.61 bits per heavy atom. The van der Waals surface area contributed by atoms with Gasteiger partial charge in [-0.2, -0.15) is 13.2 Å². The number of halogens is 3. The van der Waals surface area contributed by atoms with Crippen LogP contribution in [0.3, 0.4) is 0 Å². The summed E-state index contributed by atoms with van der Waals surface area (Å²) in [5.41, 5.74) is 2.03. The Balaban J connectivity index is 1.34. The molecule has 1 aliphatic carbocycles. The maximum absolute atomic E-state index is 13.4. The highest BCUT2D eigenvalue weighted by Gasteiger charge is 2.37. The number of carbonyl (C=O) groups excluding carboxylic acids is 2. The molecule has 2 aromatic carbocycles. The third-order valence-electron chi connectivity index (χ3n) is 6.63. The van der Waals surface area contributed by atoms with E-state index in [1.807, 2.05) is 24.3 Å². The zero-order valence-corrected chi connectivity index (χ0v) is 19.6. The van der Waals surface area contributed by atoms with Crippen LogP contribution in [-0.2, 0) is 28.9 Å². The van der Waals surface area contributed by atoms with Crippen molar-refractivity contribution in [3.8, 4) is 0 Å². The van der Waals surface area contributed by atoms with E-state index >= 15 is 0 Å². The van der Waals surface area contributed by atoms with Gasteiger partial charge in [0.2, 0.25) is 0 Å². The van der Waals surface area contributed by atoms with E-state index in [4.69, 9.17) is 0 Å². The van der Waals surface area contributed by atoms with E-state index in [0.29, 0.717) is 12.0 Å². The number of hydrogen-bond acceptors (Lipinski definition) is 4. The van der Waals surface area contributed by atoms with Gasteiger partial charge in [0.25, 0.3) is 11.8 Å². The Morgan fingerprint density at radius 1 is 1.00 bits per heavy atom. The quantitative estimate of drug-likeness (QED) is 0.567. The first-order valence-corrected chi connectivity index (χ1v) is 11.6. The van der Waals surface area contributed by atoms with Crippen LogP contribution in [0.25, 0.3) is 0 Å². The second-order valence-electron chi connectivity index (χ2n) is 9.07. The number of nitrogens with one attached hydrogen (secondary N) is 1. The van der Waals surface area contributed by atoms with Crippen LogP contribution in [-0.4, -0.2) is 45.2 Å². The molecule has 0 saturated heterocycles. The Labute approximate surface area is 206 Å². The smallest absolute Gasteiger partial charge is 0.380 e. The highest BCUT2D eigenvalue weighted by atomic mass is 19.4. The molecule has 0 bridgehead atoms. The molecule has 190 valence electrons. The largest absolute Gasteiger partial charge is 0.416 e. The monoisotopic (exact) mass is 500 g/mol. The van der Waals surface area contributed by atoms with Crippen LogP contribution in [0.2, 0.25) is 0 Å². The van der Waals surface area contributed by atoms with Crippen molar-refractivity contribution in [2.45, 2.75) is 56.8 Å². The van der Waals surface area contributed by atoms with Gasteiger partial charge >= 0.3 is 6.18 Å². The van der Waals surface area contributed by atoms with E-state index < -0.39 is 47.7 Å². The van der Waals surface area contributed by atoms with Gasteiger partial charge in [0.05, 0.1) is 11.6 Å². The summed E-state index contributed by atoms with van der Waals surface area (Å²) < 4.78 is 40.1. The average Bonchev–Trinajstić information content (AvgIpc) is 3.31. The zero-order chi connectivity index (χ0) is 26.0. The van der Waals surface area contributed by atoms with Gasteiger partial charge < -0.3 is 20.4 Å². The fraction of sp³-hybridized carbons (Fsp3) is 0.333. The molecule has 6 nitrogen and oxygen atoms in total. The molecule has 0 saturated carbocycles. The number of allylic oxidation sites excluding steroid dienone is 2. The Hall–Kier alpha value is -3.43. The van der Waals surface area contributed by atoms with E-state index in [1.165, 1.54) is 17.0 Å². The highest BCUT2D eigenvalue weighted by molar-refractivity contribution is 5.91. The Bertz CT molecular complexity index is 1180. The van der Waals surface area contributed by atoms with E-state index in [-0.39, 0.29) is 18.7 Å². The van der Waals surface area contributed by atoms with Crippen molar-refractivity contribution in [1.29, 1.82) is 0 Å². The first-order chi connectivity index (χ1) is 17.1. The number of aliphatic hydroxyl groups is 2. The molecule has 4 atom stereocenters. The molecule has 2 aliphatic rings. The molecule has 0 fully saturated rings. The van der Waals surface area contributed by atoms with Gasteiger partial charge in [0.15, 0.2) is 12.2 Å². The topological polar surface area (TPSA) is 89.9 Å². The van der Waals surface area contributed by atoms with Crippen LogP contribution >= 0.6 is 0 Å². The number of nitrogens with zero attached hydrogens (tertiary/aromatic N) is 1. The van der Waals surface area contributed by atoms with Crippen molar-refractivity contribution in [3.63, 3.8) is 0 Å². The van der Waals surface area contributed by atoms with Crippen molar-refractivity contribution in [2.75, 3.05) is 0 Å². The summed E-state index contributed by atoms with van der Waals surface area (Å²) in [6.07, 6.45) is -3.02. The van der Waals surface area contributed by atoms with Gasteiger partial charge in [-0.3, -0.25) is 9.59 Å². The zero-order valence-electron chi connectivity index (χ0n) is 19.6. The maximum Gasteiger partial charge on any atom is 0.416 e. The normalized spacial score (nSPS) is 19.8. The lowest BCUT2D eigenvalue weighted by Gasteiger charge is -2.26. The number of carbonyl (C=O) groups is 2. The molecule has 0 radical (unpaired) electrons. The first-order valence-electron chi connectivity index (χ1n) is 11.6. The maximum atomic E-state index is 13.4. The second-order valence-corrected chi connectivity index (χ2v) is 9.07. The summed E-state index contributed by atoms with van der Waals surface area (Å²) >= 11 is 0. The van der Waals surface area contributed by atoms with Crippen molar-refractivity contribution in [2.24, 2.45) is 0 Å². The van der Waals surface area contributed by atoms with Crippen LogP contribution in [0, 0.1) is 0 Å². The van der Waals surface area contributed by atoms with Crippen molar-refractivity contribution >= 4 is 11.8 Å². The molecule has 0 spiro atoms. The average molecular weight is 501 g/mol. The van der Waals surface area contributed by atoms with Crippen LogP contribution in [0.5, 0.6) is 0 Å². The van der Waals surface area contributed by atoms with Crippen LogP contribution in [0.15, 0.2) is 72.3 Å². The molecule has 2 aromatic rings. The lowest BCUT2D eigenvalue weighted by Crippen LogP contribution is -2.51. The summed E-state index contributed by atoms with van der Waals surface area (Å²) in [6.45, 7) is 2.22. The lowest BCUT2D eigenvalue weighted by atomic mass is 9.86. The fourth-order valence-corrected chi connectivity index (χ4v) is 4.60. The van der Waals surface area contributed by atoms with Crippen molar-refractivity contribution < 1.29 is 33.0 Å². The summed E-state index contributed by atoms with van der Waals surface area (Å²) in [7, 11) is 0. The first kappa shape index (κ1) is 25.7. The summed E-state index contributed by atoms with van der Waals surface area (Å²) in [5.74, 6) is -2.13. The summed E-state index contributed by atoms with van der Waals surface area (Å²) in [4.78, 5) is 26.6. The minimum Gasteiger partial charge on any atom is -0.380 e. The highest BCUT2D eigenvalue weighted by Crippen LogP contribution is 2.38. The van der Waals surface area contributed by atoms with Crippen LogP contribution in [0.4, 0.5) is 13.2 Å². The molecule has 9 heteroatoms. The molecule has 4 rings (SSSR count). The molecule has 2 amide bonds. The van der Waals surface area contributed by atoms with Crippen molar-refractivity contribution in [3.05, 3.63) is 94.6 Å². The van der Waals surface area contributed by atoms with Gasteiger partial charge in [0.1, 0.15) is 0 Å².